The quantitative estimate of drug-likeness (QED) is 0.167. The van der Waals surface area contributed by atoms with Crippen molar-refractivity contribution in [1.29, 1.82) is 0 Å². The number of ether oxygens (including phenoxy) is 4. The fourth-order valence-corrected chi connectivity index (χ4v) is 15.9. The molecule has 0 spiro atoms. The van der Waals surface area contributed by atoms with E-state index in [0.29, 0.717) is 56.0 Å². The minimum Gasteiger partial charge on any atom is -0.381 e. The number of carbonyl (C=O) groups excluding carboxylic acids is 2. The second-order valence-electron chi connectivity index (χ2n) is 20.2. The summed E-state index contributed by atoms with van der Waals surface area (Å²) in [5.41, 5.74) is 0. The van der Waals surface area contributed by atoms with Gasteiger partial charge in [0.05, 0.1) is 53.2 Å². The summed E-state index contributed by atoms with van der Waals surface area (Å²) in [6.45, 7) is 2.27. The van der Waals surface area contributed by atoms with E-state index in [0.717, 1.165) is 128 Å². The van der Waals surface area contributed by atoms with E-state index in [1.54, 1.807) is 7.11 Å². The van der Waals surface area contributed by atoms with E-state index in [9.17, 15) is 31.0 Å². The molecule has 59 heavy (non-hydrogen) atoms. The van der Waals surface area contributed by atoms with Gasteiger partial charge in [0.15, 0.2) is 9.84 Å². The van der Waals surface area contributed by atoms with Crippen molar-refractivity contribution in [3.8, 4) is 0 Å². The molecule has 3 unspecified atom stereocenters. The standard InChI is InChI=1S/C46H76O11S2/c1-30-3-5-31(6-4-30)45(47)34-11-17-39(18-12-34)57-43-28-23-40(29-44(43)59(51,52)53)56-37-15-9-33(10-16-37)46(48)32-7-13-36(14-8-32)55-38-21-26-42(27-22-38)58(49,50)41-24-19-35(54-2)20-25-41/h30-44H,3-29H2,1-2H3,(H,51,52,53). The summed E-state index contributed by atoms with van der Waals surface area (Å²) in [4.78, 5) is 26.9. The molecule has 0 amide bonds. The maximum Gasteiger partial charge on any atom is 0.270 e. The molecule has 338 valence electrons. The normalized spacial score (nSPS) is 41.8. The van der Waals surface area contributed by atoms with E-state index in [1.807, 2.05) is 0 Å². The molecule has 0 radical (unpaired) electrons. The monoisotopic (exact) mass is 868 g/mol. The fourth-order valence-electron chi connectivity index (χ4n) is 12.5. The summed E-state index contributed by atoms with van der Waals surface area (Å²) in [6, 6.07) is 0. The van der Waals surface area contributed by atoms with Crippen LogP contribution in [-0.4, -0.2) is 98.5 Å². The molecule has 7 aliphatic rings. The second-order valence-corrected chi connectivity index (χ2v) is 24.4. The highest BCUT2D eigenvalue weighted by Gasteiger charge is 2.44. The van der Waals surface area contributed by atoms with Crippen LogP contribution < -0.4 is 0 Å². The molecule has 0 aromatic heterocycles. The Hall–Kier alpha value is -0.960. The van der Waals surface area contributed by atoms with Gasteiger partial charge in [-0.05, 0) is 166 Å². The lowest BCUT2D eigenvalue weighted by atomic mass is 9.74. The Morgan fingerprint density at radius 1 is 0.441 bits per heavy atom. The summed E-state index contributed by atoms with van der Waals surface area (Å²) < 4.78 is 87.1. The lowest BCUT2D eigenvalue weighted by molar-refractivity contribution is -0.134. The Bertz CT molecular complexity index is 1570. The number of hydrogen-bond donors (Lipinski definition) is 1. The zero-order valence-corrected chi connectivity index (χ0v) is 37.7. The molecule has 1 N–H and O–H groups in total. The third-order valence-electron chi connectivity index (χ3n) is 16.4. The van der Waals surface area contributed by atoms with Crippen LogP contribution in [0.1, 0.15) is 180 Å². The molecule has 0 bridgehead atoms. The van der Waals surface area contributed by atoms with Gasteiger partial charge in [0, 0.05) is 30.8 Å². The van der Waals surface area contributed by atoms with Gasteiger partial charge in [0.2, 0.25) is 0 Å². The zero-order chi connectivity index (χ0) is 41.7. The van der Waals surface area contributed by atoms with Gasteiger partial charge >= 0.3 is 0 Å². The molecular weight excluding hydrogens is 793 g/mol. The maximum absolute atomic E-state index is 13.7. The van der Waals surface area contributed by atoms with E-state index in [-0.39, 0.29) is 77.2 Å². The van der Waals surface area contributed by atoms with E-state index in [4.69, 9.17) is 18.9 Å². The molecule has 0 aromatic carbocycles. The topological polar surface area (TPSA) is 160 Å². The van der Waals surface area contributed by atoms with Crippen molar-refractivity contribution in [1.82, 2.24) is 0 Å². The highest BCUT2D eigenvalue weighted by molar-refractivity contribution is 7.92. The van der Waals surface area contributed by atoms with Crippen LogP contribution in [0.5, 0.6) is 0 Å². The summed E-state index contributed by atoms with van der Waals surface area (Å²) in [7, 11) is -5.76. The number of hydrogen-bond acceptors (Lipinski definition) is 10. The third kappa shape index (κ3) is 12.0. The fraction of sp³-hybridized carbons (Fsp3) is 0.957. The van der Waals surface area contributed by atoms with Crippen LogP contribution in [0, 0.1) is 29.6 Å². The van der Waals surface area contributed by atoms with Gasteiger partial charge in [-0.3, -0.25) is 14.1 Å². The van der Waals surface area contributed by atoms with Gasteiger partial charge in [-0.2, -0.15) is 8.42 Å². The van der Waals surface area contributed by atoms with Crippen LogP contribution in [0.25, 0.3) is 0 Å². The Labute approximate surface area is 355 Å². The van der Waals surface area contributed by atoms with Crippen molar-refractivity contribution in [2.24, 2.45) is 29.6 Å². The first-order valence-electron chi connectivity index (χ1n) is 24.0. The zero-order valence-electron chi connectivity index (χ0n) is 36.1. The molecular formula is C46H76O11S2. The first-order valence-corrected chi connectivity index (χ1v) is 27.1. The van der Waals surface area contributed by atoms with Crippen LogP contribution in [-0.2, 0) is 48.5 Å². The number of methoxy groups -OCH3 is 1. The molecule has 3 atom stereocenters. The Balaban J connectivity index is 0.779. The van der Waals surface area contributed by atoms with E-state index in [1.165, 1.54) is 0 Å². The van der Waals surface area contributed by atoms with E-state index < -0.39 is 31.3 Å². The van der Waals surface area contributed by atoms with E-state index in [2.05, 4.69) is 6.92 Å². The first-order chi connectivity index (χ1) is 28.3. The van der Waals surface area contributed by atoms with Crippen molar-refractivity contribution < 1.29 is 49.9 Å². The predicted molar refractivity (Wildman–Crippen MR) is 226 cm³/mol. The van der Waals surface area contributed by atoms with Crippen LogP contribution in [0.2, 0.25) is 0 Å². The average molecular weight is 869 g/mol. The summed E-state index contributed by atoms with van der Waals surface area (Å²) in [6.07, 6.45) is 20.8. The van der Waals surface area contributed by atoms with Crippen LogP contribution in [0.3, 0.4) is 0 Å². The maximum atomic E-state index is 13.7. The molecule has 13 heteroatoms. The summed E-state index contributed by atoms with van der Waals surface area (Å²) >= 11 is 0. The van der Waals surface area contributed by atoms with Crippen LogP contribution in [0.4, 0.5) is 0 Å². The molecule has 0 saturated heterocycles. The number of sulfone groups is 1. The Kier molecular flexibility index (Phi) is 16.1. The number of Topliss-reactive ketones (excluding diaryl/α,β-unsaturated/α-hetero) is 2. The predicted octanol–water partition coefficient (Wildman–Crippen LogP) is 8.54. The van der Waals surface area contributed by atoms with Gasteiger partial charge in [-0.25, -0.2) is 8.42 Å². The first kappa shape index (κ1) is 46.0. The summed E-state index contributed by atoms with van der Waals surface area (Å²) in [5.74, 6) is 1.90. The van der Waals surface area contributed by atoms with Crippen molar-refractivity contribution in [3.63, 3.8) is 0 Å². The molecule has 0 heterocycles. The molecule has 7 rings (SSSR count). The lowest BCUT2D eigenvalue weighted by Gasteiger charge is -2.40. The van der Waals surface area contributed by atoms with Gasteiger partial charge in [0.25, 0.3) is 10.1 Å². The number of carbonyl (C=O) groups is 2. The summed E-state index contributed by atoms with van der Waals surface area (Å²) in [5, 5.41) is -1.50. The minimum absolute atomic E-state index is 0.0244. The lowest BCUT2D eigenvalue weighted by Crippen LogP contribution is -2.46. The highest BCUT2D eigenvalue weighted by atomic mass is 32.2. The average Bonchev–Trinajstić information content (AvgIpc) is 3.24. The molecule has 7 saturated carbocycles. The van der Waals surface area contributed by atoms with Crippen LogP contribution >= 0.6 is 0 Å². The van der Waals surface area contributed by atoms with Crippen LogP contribution in [0.15, 0.2) is 0 Å². The Morgan fingerprint density at radius 2 is 0.780 bits per heavy atom. The van der Waals surface area contributed by atoms with Crippen molar-refractivity contribution in [2.45, 2.75) is 239 Å². The molecule has 7 aliphatic carbocycles. The van der Waals surface area contributed by atoms with Crippen molar-refractivity contribution in [3.05, 3.63) is 0 Å². The molecule has 11 nitrogen and oxygen atoms in total. The SMILES string of the molecule is COC1CCC(S(=O)(=O)C2CCC(OC3CCC(C(=O)C4CCC(OC5CCC(OC6CCC(C(=O)C7CCC(C)CC7)CC6)C(S(=O)(=O)O)C5)CC4)CC3)CC2)CC1. The minimum atomic E-state index is -4.34. The largest absolute Gasteiger partial charge is 0.381 e. The number of ketones is 2. The smallest absolute Gasteiger partial charge is 0.270 e. The van der Waals surface area contributed by atoms with Crippen molar-refractivity contribution in [2.75, 3.05) is 7.11 Å². The molecule has 0 aliphatic heterocycles. The Morgan fingerprint density at radius 3 is 1.19 bits per heavy atom. The number of rotatable bonds is 14. The van der Waals surface area contributed by atoms with Gasteiger partial charge in [0.1, 0.15) is 16.8 Å². The van der Waals surface area contributed by atoms with E-state index >= 15 is 0 Å². The van der Waals surface area contributed by atoms with Gasteiger partial charge in [-0.1, -0.05) is 19.8 Å². The van der Waals surface area contributed by atoms with Gasteiger partial charge < -0.3 is 18.9 Å². The molecule has 7 fully saturated rings. The van der Waals surface area contributed by atoms with Crippen molar-refractivity contribution >= 4 is 31.5 Å². The molecule has 0 aromatic rings. The third-order valence-corrected chi connectivity index (χ3v) is 20.4. The van der Waals surface area contributed by atoms with Gasteiger partial charge in [-0.15, -0.1) is 0 Å². The second kappa shape index (κ2) is 20.7. The highest BCUT2D eigenvalue weighted by Crippen LogP contribution is 2.41.